The third kappa shape index (κ3) is 4.14. The summed E-state index contributed by atoms with van der Waals surface area (Å²) in [5.74, 6) is -1.51. The number of hydrogen-bond donors (Lipinski definition) is 2. The first-order valence-electron chi connectivity index (χ1n) is 7.07. The number of nitrogens with zero attached hydrogens (tertiary/aromatic N) is 1. The van der Waals surface area contributed by atoms with E-state index in [1.165, 1.54) is 23.1 Å². The lowest BCUT2D eigenvalue weighted by atomic mass is 10.1. The second-order valence-corrected chi connectivity index (χ2v) is 5.54. The third-order valence-electron chi connectivity index (χ3n) is 3.16. The normalized spacial score (nSPS) is 9.96. The van der Waals surface area contributed by atoms with Gasteiger partial charge in [-0.1, -0.05) is 24.3 Å². The Hall–Kier alpha value is -2.80. The van der Waals surface area contributed by atoms with Crippen LogP contribution in [0.2, 0.25) is 0 Å². The number of benzene rings is 2. The molecule has 0 bridgehead atoms. The number of para-hydroxylation sites is 1. The van der Waals surface area contributed by atoms with Gasteiger partial charge in [0.1, 0.15) is 5.82 Å². The highest BCUT2D eigenvalue weighted by atomic mass is 32.1. The minimum absolute atomic E-state index is 0.0257. The van der Waals surface area contributed by atoms with E-state index in [0.29, 0.717) is 11.3 Å². The minimum Gasteiger partial charge on any atom is -0.345 e. The molecule has 2 N–H and O–H groups in total. The molecule has 0 aliphatic heterocycles. The Kier molecular flexibility index (Phi) is 5.59. The van der Waals surface area contributed by atoms with E-state index in [-0.39, 0.29) is 16.6 Å². The number of nitrogens with one attached hydrogen (secondary N) is 2. The molecular weight excluding hydrogens is 329 g/mol. The molecule has 0 atom stereocenters. The van der Waals surface area contributed by atoms with Crippen molar-refractivity contribution in [3.8, 4) is 0 Å². The summed E-state index contributed by atoms with van der Waals surface area (Å²) in [6.45, 7) is 0. The Labute approximate surface area is 144 Å². The molecule has 2 rings (SSSR count). The van der Waals surface area contributed by atoms with Crippen molar-refractivity contribution in [2.75, 3.05) is 19.4 Å². The number of halogens is 1. The van der Waals surface area contributed by atoms with Crippen LogP contribution in [-0.4, -0.2) is 35.9 Å². The van der Waals surface area contributed by atoms with Gasteiger partial charge in [-0.25, -0.2) is 4.39 Å². The summed E-state index contributed by atoms with van der Waals surface area (Å²) in [5.41, 5.74) is 0.749. The summed E-state index contributed by atoms with van der Waals surface area (Å²) in [4.78, 5) is 25.6. The summed E-state index contributed by atoms with van der Waals surface area (Å²) in [7, 11) is 3.27. The maximum absolute atomic E-state index is 13.6. The van der Waals surface area contributed by atoms with Gasteiger partial charge in [0.05, 0.1) is 16.8 Å². The van der Waals surface area contributed by atoms with Crippen LogP contribution in [0, 0.1) is 5.82 Å². The van der Waals surface area contributed by atoms with E-state index < -0.39 is 11.7 Å². The van der Waals surface area contributed by atoms with Gasteiger partial charge in [0.15, 0.2) is 5.11 Å². The fraction of sp³-hybridized carbons (Fsp3) is 0.118. The van der Waals surface area contributed by atoms with Crippen molar-refractivity contribution in [3.63, 3.8) is 0 Å². The number of thiocarbonyl (C=S) groups is 1. The van der Waals surface area contributed by atoms with Crippen molar-refractivity contribution in [1.82, 2.24) is 10.2 Å². The van der Waals surface area contributed by atoms with E-state index >= 15 is 0 Å². The molecule has 124 valence electrons. The topological polar surface area (TPSA) is 61.4 Å². The summed E-state index contributed by atoms with van der Waals surface area (Å²) in [6.07, 6.45) is 0. The average Bonchev–Trinajstić information content (AvgIpc) is 2.54. The SMILES string of the molecule is CN(C)C(=O)c1ccccc1NC(=S)NC(=O)c1ccccc1F. The van der Waals surface area contributed by atoms with Crippen LogP contribution in [0.1, 0.15) is 20.7 Å². The summed E-state index contributed by atoms with van der Waals surface area (Å²) < 4.78 is 13.6. The summed E-state index contributed by atoms with van der Waals surface area (Å²) in [6, 6.07) is 12.4. The van der Waals surface area contributed by atoms with E-state index in [0.717, 1.165) is 0 Å². The Balaban J connectivity index is 2.12. The molecule has 7 heteroatoms. The van der Waals surface area contributed by atoms with Gasteiger partial charge in [0.25, 0.3) is 11.8 Å². The molecule has 0 fully saturated rings. The lowest BCUT2D eigenvalue weighted by molar-refractivity contribution is 0.0828. The van der Waals surface area contributed by atoms with E-state index in [1.807, 2.05) is 0 Å². The fourth-order valence-corrected chi connectivity index (χ4v) is 2.19. The zero-order valence-corrected chi connectivity index (χ0v) is 14.0. The largest absolute Gasteiger partial charge is 0.345 e. The van der Waals surface area contributed by atoms with E-state index in [9.17, 15) is 14.0 Å². The zero-order valence-electron chi connectivity index (χ0n) is 13.2. The van der Waals surface area contributed by atoms with Gasteiger partial charge < -0.3 is 10.2 Å². The molecule has 24 heavy (non-hydrogen) atoms. The first-order chi connectivity index (χ1) is 11.4. The predicted octanol–water partition coefficient (Wildman–Crippen LogP) is 2.65. The highest BCUT2D eigenvalue weighted by Gasteiger charge is 2.16. The number of anilines is 1. The lowest BCUT2D eigenvalue weighted by Crippen LogP contribution is -2.35. The van der Waals surface area contributed by atoms with Crippen LogP contribution in [0.3, 0.4) is 0 Å². The second-order valence-electron chi connectivity index (χ2n) is 5.13. The highest BCUT2D eigenvalue weighted by molar-refractivity contribution is 7.80. The van der Waals surface area contributed by atoms with Crippen LogP contribution < -0.4 is 10.6 Å². The quantitative estimate of drug-likeness (QED) is 0.840. The van der Waals surface area contributed by atoms with E-state index in [4.69, 9.17) is 12.2 Å². The number of carbonyl (C=O) groups is 2. The highest BCUT2D eigenvalue weighted by Crippen LogP contribution is 2.16. The van der Waals surface area contributed by atoms with Crippen molar-refractivity contribution >= 4 is 34.8 Å². The molecule has 2 amide bonds. The van der Waals surface area contributed by atoms with Crippen LogP contribution in [0.15, 0.2) is 48.5 Å². The molecule has 0 unspecified atom stereocenters. The number of carbonyl (C=O) groups excluding carboxylic acids is 2. The molecule has 0 saturated carbocycles. The van der Waals surface area contributed by atoms with Crippen LogP contribution in [0.5, 0.6) is 0 Å². The van der Waals surface area contributed by atoms with Crippen molar-refractivity contribution in [3.05, 3.63) is 65.5 Å². The molecule has 0 aromatic heterocycles. The first kappa shape index (κ1) is 17.6. The monoisotopic (exact) mass is 345 g/mol. The van der Waals surface area contributed by atoms with Crippen molar-refractivity contribution in [2.24, 2.45) is 0 Å². The predicted molar refractivity (Wildman–Crippen MR) is 94.5 cm³/mol. The van der Waals surface area contributed by atoms with Gasteiger partial charge in [0, 0.05) is 14.1 Å². The van der Waals surface area contributed by atoms with Crippen LogP contribution in [-0.2, 0) is 0 Å². The van der Waals surface area contributed by atoms with Gasteiger partial charge in [-0.2, -0.15) is 0 Å². The molecule has 5 nitrogen and oxygen atoms in total. The van der Waals surface area contributed by atoms with E-state index in [1.54, 1.807) is 44.4 Å². The number of rotatable bonds is 3. The van der Waals surface area contributed by atoms with Crippen molar-refractivity contribution in [2.45, 2.75) is 0 Å². The maximum atomic E-state index is 13.6. The van der Waals surface area contributed by atoms with Gasteiger partial charge in [0.2, 0.25) is 0 Å². The first-order valence-corrected chi connectivity index (χ1v) is 7.48. The van der Waals surface area contributed by atoms with Crippen LogP contribution >= 0.6 is 12.2 Å². The second kappa shape index (κ2) is 7.65. The summed E-state index contributed by atoms with van der Waals surface area (Å²) >= 11 is 5.08. The molecule has 0 saturated heterocycles. The minimum atomic E-state index is -0.665. The molecular formula is C17H16FN3O2S. The molecule has 2 aromatic rings. The molecule has 0 aliphatic rings. The van der Waals surface area contributed by atoms with E-state index in [2.05, 4.69) is 10.6 Å². The Morgan fingerprint density at radius 2 is 1.58 bits per heavy atom. The van der Waals surface area contributed by atoms with Crippen molar-refractivity contribution in [1.29, 1.82) is 0 Å². The fourth-order valence-electron chi connectivity index (χ4n) is 1.99. The molecule has 2 aromatic carbocycles. The third-order valence-corrected chi connectivity index (χ3v) is 3.36. The summed E-state index contributed by atoms with van der Waals surface area (Å²) in [5, 5.41) is 5.17. The average molecular weight is 345 g/mol. The van der Waals surface area contributed by atoms with Crippen molar-refractivity contribution < 1.29 is 14.0 Å². The van der Waals surface area contributed by atoms with Crippen LogP contribution in [0.4, 0.5) is 10.1 Å². The lowest BCUT2D eigenvalue weighted by Gasteiger charge is -2.16. The molecule has 0 radical (unpaired) electrons. The van der Waals surface area contributed by atoms with Crippen LogP contribution in [0.25, 0.3) is 0 Å². The Morgan fingerprint density at radius 1 is 1.00 bits per heavy atom. The molecule has 0 heterocycles. The van der Waals surface area contributed by atoms with Gasteiger partial charge >= 0.3 is 0 Å². The van der Waals surface area contributed by atoms with Gasteiger partial charge in [-0.05, 0) is 36.5 Å². The zero-order chi connectivity index (χ0) is 17.7. The number of hydrogen-bond acceptors (Lipinski definition) is 3. The van der Waals surface area contributed by atoms with Gasteiger partial charge in [-0.3, -0.25) is 14.9 Å². The maximum Gasteiger partial charge on any atom is 0.260 e. The Bertz CT molecular complexity index is 793. The van der Waals surface area contributed by atoms with Gasteiger partial charge in [-0.15, -0.1) is 0 Å². The Morgan fingerprint density at radius 3 is 2.21 bits per heavy atom. The molecule has 0 aliphatic carbocycles. The smallest absolute Gasteiger partial charge is 0.260 e. The molecule has 0 spiro atoms. The number of amides is 2. The standard InChI is InChI=1S/C17H16FN3O2S/c1-21(2)16(23)12-8-4-6-10-14(12)19-17(24)20-15(22)11-7-3-5-9-13(11)18/h3-10H,1-2H3,(H2,19,20,22,24).